The highest BCUT2D eigenvalue weighted by Crippen LogP contribution is 2.19. The molecule has 0 aliphatic heterocycles. The first-order valence-corrected chi connectivity index (χ1v) is 8.50. The molecule has 1 rings (SSSR count). The first kappa shape index (κ1) is 16.8. The molecule has 0 bridgehead atoms. The Hall–Kier alpha value is -1.27. The van der Waals surface area contributed by atoms with Crippen molar-refractivity contribution in [1.29, 1.82) is 0 Å². The van der Waals surface area contributed by atoms with E-state index in [1.54, 1.807) is 26.1 Å². The smallest absolute Gasteiger partial charge is 0.236 e. The van der Waals surface area contributed by atoms with Gasteiger partial charge < -0.3 is 10.2 Å². The standard InChI is InChI=1S/C14H25N3O2S/c1-5-17(6-2)14-9-7-13(8-10-14)16-20(18,19)12(3)11-15-4/h7-10,12,15-16H,5-6,11H2,1-4H3. The summed E-state index contributed by atoms with van der Waals surface area (Å²) in [5, 5.41) is 2.40. The van der Waals surface area contributed by atoms with Crippen molar-refractivity contribution in [3.8, 4) is 0 Å². The summed E-state index contributed by atoms with van der Waals surface area (Å²) in [7, 11) is -1.60. The molecule has 0 aliphatic carbocycles. The van der Waals surface area contributed by atoms with Gasteiger partial charge in [-0.2, -0.15) is 0 Å². The molecule has 5 nitrogen and oxygen atoms in total. The summed E-state index contributed by atoms with van der Waals surface area (Å²) in [4.78, 5) is 2.21. The number of hydrogen-bond acceptors (Lipinski definition) is 4. The van der Waals surface area contributed by atoms with Gasteiger partial charge in [-0.05, 0) is 52.1 Å². The fraction of sp³-hybridized carbons (Fsp3) is 0.571. The molecule has 0 saturated heterocycles. The van der Waals surface area contributed by atoms with Crippen LogP contribution in [0.3, 0.4) is 0 Å². The molecule has 0 aromatic heterocycles. The van der Waals surface area contributed by atoms with Crippen molar-refractivity contribution in [2.24, 2.45) is 0 Å². The molecule has 0 spiro atoms. The maximum atomic E-state index is 12.1. The topological polar surface area (TPSA) is 61.4 Å². The van der Waals surface area contributed by atoms with Crippen LogP contribution in [0.25, 0.3) is 0 Å². The van der Waals surface area contributed by atoms with Crippen LogP contribution >= 0.6 is 0 Å². The van der Waals surface area contributed by atoms with Crippen molar-refractivity contribution in [3.63, 3.8) is 0 Å². The molecule has 0 radical (unpaired) electrons. The van der Waals surface area contributed by atoms with Crippen LogP contribution in [0.5, 0.6) is 0 Å². The summed E-state index contributed by atoms with van der Waals surface area (Å²) in [6.45, 7) is 8.16. The molecule has 114 valence electrons. The Morgan fingerprint density at radius 1 is 1.15 bits per heavy atom. The summed E-state index contributed by atoms with van der Waals surface area (Å²) >= 11 is 0. The Kier molecular flexibility index (Phi) is 6.29. The van der Waals surface area contributed by atoms with Gasteiger partial charge in [0.25, 0.3) is 0 Å². The summed E-state index contributed by atoms with van der Waals surface area (Å²) in [6.07, 6.45) is 0. The van der Waals surface area contributed by atoms with Crippen molar-refractivity contribution >= 4 is 21.4 Å². The third-order valence-electron chi connectivity index (χ3n) is 3.28. The molecule has 0 saturated carbocycles. The predicted octanol–water partition coefficient (Wildman–Crippen LogP) is 1.88. The van der Waals surface area contributed by atoms with Crippen LogP contribution in [-0.4, -0.2) is 40.3 Å². The van der Waals surface area contributed by atoms with Crippen LogP contribution in [0.2, 0.25) is 0 Å². The third kappa shape index (κ3) is 4.38. The van der Waals surface area contributed by atoms with Gasteiger partial charge in [0.15, 0.2) is 0 Å². The Morgan fingerprint density at radius 2 is 1.70 bits per heavy atom. The van der Waals surface area contributed by atoms with Gasteiger partial charge in [0.2, 0.25) is 10.0 Å². The molecule has 1 atom stereocenters. The van der Waals surface area contributed by atoms with Crippen LogP contribution < -0.4 is 14.9 Å². The molecular formula is C14H25N3O2S. The molecule has 20 heavy (non-hydrogen) atoms. The van der Waals surface area contributed by atoms with Crippen LogP contribution in [0, 0.1) is 0 Å². The van der Waals surface area contributed by atoms with Crippen LogP contribution in [-0.2, 0) is 10.0 Å². The molecule has 0 fully saturated rings. The van der Waals surface area contributed by atoms with Gasteiger partial charge in [-0.15, -0.1) is 0 Å². The molecule has 1 unspecified atom stereocenters. The highest BCUT2D eigenvalue weighted by atomic mass is 32.2. The maximum Gasteiger partial charge on any atom is 0.236 e. The van der Waals surface area contributed by atoms with Crippen molar-refractivity contribution in [2.45, 2.75) is 26.0 Å². The Morgan fingerprint density at radius 3 is 2.15 bits per heavy atom. The second kappa shape index (κ2) is 7.50. The van der Waals surface area contributed by atoms with Crippen molar-refractivity contribution in [2.75, 3.05) is 36.3 Å². The number of nitrogens with zero attached hydrogens (tertiary/aromatic N) is 1. The first-order valence-electron chi connectivity index (χ1n) is 6.95. The van der Waals surface area contributed by atoms with E-state index < -0.39 is 15.3 Å². The van der Waals surface area contributed by atoms with Crippen LogP contribution in [0.4, 0.5) is 11.4 Å². The van der Waals surface area contributed by atoms with Crippen molar-refractivity contribution in [3.05, 3.63) is 24.3 Å². The zero-order chi connectivity index (χ0) is 15.2. The lowest BCUT2D eigenvalue weighted by atomic mass is 10.2. The monoisotopic (exact) mass is 299 g/mol. The van der Waals surface area contributed by atoms with E-state index in [9.17, 15) is 8.42 Å². The lowest BCUT2D eigenvalue weighted by molar-refractivity contribution is 0.584. The van der Waals surface area contributed by atoms with Gasteiger partial charge in [-0.1, -0.05) is 0 Å². The Balaban J connectivity index is 2.80. The second-order valence-corrected chi connectivity index (χ2v) is 6.83. The van der Waals surface area contributed by atoms with E-state index in [4.69, 9.17) is 0 Å². The zero-order valence-electron chi connectivity index (χ0n) is 12.7. The molecule has 1 aromatic carbocycles. The zero-order valence-corrected chi connectivity index (χ0v) is 13.5. The van der Waals surface area contributed by atoms with Crippen molar-refractivity contribution < 1.29 is 8.42 Å². The van der Waals surface area contributed by atoms with Gasteiger partial charge in [0, 0.05) is 31.0 Å². The normalized spacial score (nSPS) is 13.0. The highest BCUT2D eigenvalue weighted by molar-refractivity contribution is 7.93. The minimum atomic E-state index is -3.35. The van der Waals surface area contributed by atoms with Crippen LogP contribution in [0.1, 0.15) is 20.8 Å². The first-order chi connectivity index (χ1) is 9.44. The summed E-state index contributed by atoms with van der Waals surface area (Å²) < 4.78 is 26.7. The SMILES string of the molecule is CCN(CC)c1ccc(NS(=O)(=O)C(C)CNC)cc1. The number of anilines is 2. The van der Waals surface area contributed by atoms with Crippen LogP contribution in [0.15, 0.2) is 24.3 Å². The molecule has 0 aliphatic rings. The molecule has 0 heterocycles. The highest BCUT2D eigenvalue weighted by Gasteiger charge is 2.19. The molecular weight excluding hydrogens is 274 g/mol. The van der Waals surface area contributed by atoms with Gasteiger partial charge in [0.05, 0.1) is 5.25 Å². The number of benzene rings is 1. The van der Waals surface area contributed by atoms with E-state index in [0.29, 0.717) is 12.2 Å². The maximum absolute atomic E-state index is 12.1. The average Bonchev–Trinajstić information content (AvgIpc) is 2.42. The Bertz CT molecular complexity index is 496. The molecule has 2 N–H and O–H groups in total. The molecule has 1 aromatic rings. The summed E-state index contributed by atoms with van der Waals surface area (Å²) in [5.41, 5.74) is 1.70. The predicted molar refractivity (Wildman–Crippen MR) is 85.9 cm³/mol. The lowest BCUT2D eigenvalue weighted by Crippen LogP contribution is -2.33. The van der Waals surface area contributed by atoms with Gasteiger partial charge in [-0.25, -0.2) is 8.42 Å². The minimum Gasteiger partial charge on any atom is -0.372 e. The third-order valence-corrected chi connectivity index (χ3v) is 5.02. The molecule has 0 amide bonds. The van der Waals surface area contributed by atoms with E-state index in [2.05, 4.69) is 28.8 Å². The van der Waals surface area contributed by atoms with Crippen molar-refractivity contribution in [1.82, 2.24) is 5.32 Å². The minimum absolute atomic E-state index is 0.423. The number of nitrogens with one attached hydrogen (secondary N) is 2. The largest absolute Gasteiger partial charge is 0.372 e. The number of rotatable bonds is 8. The second-order valence-electron chi connectivity index (χ2n) is 4.73. The van der Waals surface area contributed by atoms with E-state index in [0.717, 1.165) is 18.8 Å². The lowest BCUT2D eigenvalue weighted by Gasteiger charge is -2.21. The Labute approximate surface area is 122 Å². The van der Waals surface area contributed by atoms with E-state index in [-0.39, 0.29) is 0 Å². The summed E-state index contributed by atoms with van der Waals surface area (Å²) in [5.74, 6) is 0. The van der Waals surface area contributed by atoms with Gasteiger partial charge >= 0.3 is 0 Å². The van der Waals surface area contributed by atoms with Gasteiger partial charge in [-0.3, -0.25) is 4.72 Å². The van der Waals surface area contributed by atoms with E-state index in [1.165, 1.54) is 0 Å². The fourth-order valence-electron chi connectivity index (χ4n) is 1.99. The fourth-order valence-corrected chi connectivity index (χ4v) is 3.04. The average molecular weight is 299 g/mol. The van der Waals surface area contributed by atoms with Gasteiger partial charge in [0.1, 0.15) is 0 Å². The van der Waals surface area contributed by atoms with E-state index in [1.807, 2.05) is 12.1 Å². The number of sulfonamides is 1. The van der Waals surface area contributed by atoms with E-state index >= 15 is 0 Å². The summed E-state index contributed by atoms with van der Waals surface area (Å²) in [6, 6.07) is 7.48. The number of hydrogen-bond donors (Lipinski definition) is 2. The quantitative estimate of drug-likeness (QED) is 0.769. The molecule has 6 heteroatoms.